The molecule has 0 radical (unpaired) electrons. The Morgan fingerprint density at radius 1 is 0.879 bits per heavy atom. The van der Waals surface area contributed by atoms with Crippen LogP contribution in [0.2, 0.25) is 0 Å². The topological polar surface area (TPSA) is 98.2 Å². The van der Waals surface area contributed by atoms with Gasteiger partial charge < -0.3 is 19.5 Å². The van der Waals surface area contributed by atoms with Crippen LogP contribution in [0, 0.1) is 0 Å². The fourth-order valence-electron chi connectivity index (χ4n) is 2.91. The number of hydrogen-bond acceptors (Lipinski definition) is 6. The molecule has 0 fully saturated rings. The summed E-state index contributed by atoms with van der Waals surface area (Å²) >= 11 is 0. The predicted molar refractivity (Wildman–Crippen MR) is 125 cm³/mol. The third-order valence-corrected chi connectivity index (χ3v) is 4.60. The number of rotatable bonds is 10. The number of benzene rings is 3. The molecule has 0 atom stereocenters. The van der Waals surface area contributed by atoms with Crippen molar-refractivity contribution in [3.05, 3.63) is 89.5 Å². The number of para-hydroxylation sites is 1. The van der Waals surface area contributed by atoms with E-state index in [1.54, 1.807) is 12.1 Å². The highest BCUT2D eigenvalue weighted by Crippen LogP contribution is 2.27. The fraction of sp³-hybridized carbons (Fsp3) is 0.160. The first kappa shape index (κ1) is 23.3. The van der Waals surface area contributed by atoms with Crippen LogP contribution in [0.3, 0.4) is 0 Å². The van der Waals surface area contributed by atoms with Crippen LogP contribution in [0.15, 0.2) is 77.9 Å². The van der Waals surface area contributed by atoms with Crippen molar-refractivity contribution < 1.29 is 23.8 Å². The summed E-state index contributed by atoms with van der Waals surface area (Å²) in [6.45, 7) is 0.177. The number of methoxy groups -OCH3 is 2. The van der Waals surface area contributed by atoms with Gasteiger partial charge in [-0.25, -0.2) is 5.43 Å². The molecule has 2 amide bonds. The van der Waals surface area contributed by atoms with Crippen molar-refractivity contribution in [3.63, 3.8) is 0 Å². The molecule has 0 aromatic heterocycles. The number of carbonyl (C=O) groups is 2. The molecule has 0 spiro atoms. The number of carbonyl (C=O) groups excluding carboxylic acids is 2. The number of hydrazone groups is 1. The number of nitrogens with zero attached hydrogens (tertiary/aromatic N) is 1. The van der Waals surface area contributed by atoms with Crippen molar-refractivity contribution in [2.45, 2.75) is 6.61 Å². The van der Waals surface area contributed by atoms with Crippen molar-refractivity contribution in [3.8, 4) is 17.2 Å². The average molecular weight is 447 g/mol. The van der Waals surface area contributed by atoms with Crippen molar-refractivity contribution in [2.75, 3.05) is 20.8 Å². The van der Waals surface area contributed by atoms with Gasteiger partial charge in [-0.2, -0.15) is 5.10 Å². The van der Waals surface area contributed by atoms with Crippen molar-refractivity contribution >= 4 is 18.0 Å². The largest absolute Gasteiger partial charge is 0.493 e. The highest BCUT2D eigenvalue weighted by Gasteiger charge is 2.12. The lowest BCUT2D eigenvalue weighted by Crippen LogP contribution is -2.34. The Morgan fingerprint density at radius 2 is 1.61 bits per heavy atom. The van der Waals surface area contributed by atoms with E-state index in [0.29, 0.717) is 35.0 Å². The molecule has 0 aliphatic rings. The van der Waals surface area contributed by atoms with Crippen LogP contribution < -0.4 is 25.0 Å². The van der Waals surface area contributed by atoms with E-state index < -0.39 is 11.8 Å². The van der Waals surface area contributed by atoms with E-state index in [0.717, 1.165) is 5.56 Å². The Bertz CT molecular complexity index is 1120. The molecule has 170 valence electrons. The van der Waals surface area contributed by atoms with Gasteiger partial charge in [-0.3, -0.25) is 9.59 Å². The summed E-state index contributed by atoms with van der Waals surface area (Å²) in [6.07, 6.45) is 1.49. The van der Waals surface area contributed by atoms with Crippen LogP contribution >= 0.6 is 0 Å². The first-order chi connectivity index (χ1) is 16.1. The monoisotopic (exact) mass is 447 g/mol. The highest BCUT2D eigenvalue weighted by molar-refractivity contribution is 5.97. The Morgan fingerprint density at radius 3 is 2.36 bits per heavy atom. The molecule has 3 rings (SSSR count). The van der Waals surface area contributed by atoms with Crippen LogP contribution in [0.5, 0.6) is 17.2 Å². The first-order valence-electron chi connectivity index (χ1n) is 10.2. The Kier molecular flexibility index (Phi) is 8.41. The van der Waals surface area contributed by atoms with E-state index in [9.17, 15) is 9.59 Å². The van der Waals surface area contributed by atoms with Crippen molar-refractivity contribution in [1.29, 1.82) is 0 Å². The molecule has 8 nitrogen and oxygen atoms in total. The van der Waals surface area contributed by atoms with Crippen LogP contribution in [-0.2, 0) is 11.4 Å². The third kappa shape index (κ3) is 6.83. The van der Waals surface area contributed by atoms with Gasteiger partial charge in [0.1, 0.15) is 12.4 Å². The van der Waals surface area contributed by atoms with Gasteiger partial charge in [-0.15, -0.1) is 0 Å². The van der Waals surface area contributed by atoms with Gasteiger partial charge >= 0.3 is 0 Å². The van der Waals surface area contributed by atoms with E-state index in [1.807, 2.05) is 54.6 Å². The van der Waals surface area contributed by atoms with Crippen LogP contribution in [0.25, 0.3) is 0 Å². The molecule has 0 heterocycles. The lowest BCUT2D eigenvalue weighted by Gasteiger charge is -2.10. The van der Waals surface area contributed by atoms with Gasteiger partial charge in [0, 0.05) is 11.1 Å². The highest BCUT2D eigenvalue weighted by atomic mass is 16.5. The Balaban J connectivity index is 1.51. The molecule has 0 unspecified atom stereocenters. The smallest absolute Gasteiger partial charge is 0.259 e. The van der Waals surface area contributed by atoms with E-state index in [-0.39, 0.29) is 6.54 Å². The van der Waals surface area contributed by atoms with Gasteiger partial charge in [0.05, 0.1) is 27.0 Å². The zero-order valence-corrected chi connectivity index (χ0v) is 18.4. The first-order valence-corrected chi connectivity index (χ1v) is 10.2. The van der Waals surface area contributed by atoms with E-state index in [4.69, 9.17) is 14.2 Å². The molecular weight excluding hydrogens is 422 g/mol. The van der Waals surface area contributed by atoms with Gasteiger partial charge in [0.15, 0.2) is 11.5 Å². The number of nitrogens with one attached hydrogen (secondary N) is 2. The number of amides is 2. The molecule has 0 saturated heterocycles. The number of ether oxygens (including phenoxy) is 3. The van der Waals surface area contributed by atoms with Crippen LogP contribution in [-0.4, -0.2) is 38.8 Å². The summed E-state index contributed by atoms with van der Waals surface area (Å²) in [5.74, 6) is 0.681. The van der Waals surface area contributed by atoms with E-state index in [2.05, 4.69) is 15.8 Å². The van der Waals surface area contributed by atoms with Crippen molar-refractivity contribution in [2.24, 2.45) is 5.10 Å². The van der Waals surface area contributed by atoms with Crippen LogP contribution in [0.1, 0.15) is 21.5 Å². The van der Waals surface area contributed by atoms with Gasteiger partial charge in [0.25, 0.3) is 11.8 Å². The fourth-order valence-corrected chi connectivity index (χ4v) is 2.91. The normalized spacial score (nSPS) is 10.5. The van der Waals surface area contributed by atoms with Gasteiger partial charge in [0.2, 0.25) is 0 Å². The van der Waals surface area contributed by atoms with E-state index in [1.165, 1.54) is 26.5 Å². The summed E-state index contributed by atoms with van der Waals surface area (Å²) < 4.78 is 16.2. The second-order valence-electron chi connectivity index (χ2n) is 6.86. The molecule has 0 bridgehead atoms. The maximum absolute atomic E-state index is 12.3. The molecule has 3 aromatic rings. The summed E-state index contributed by atoms with van der Waals surface area (Å²) in [5, 5.41) is 6.51. The summed E-state index contributed by atoms with van der Waals surface area (Å²) in [5.41, 5.74) is 4.49. The summed E-state index contributed by atoms with van der Waals surface area (Å²) in [7, 11) is 2.99. The molecule has 0 aliphatic carbocycles. The minimum absolute atomic E-state index is 0.239. The second-order valence-corrected chi connectivity index (χ2v) is 6.86. The lowest BCUT2D eigenvalue weighted by atomic mass is 10.2. The third-order valence-electron chi connectivity index (χ3n) is 4.60. The SMILES string of the molecule is COc1ccc(C(=O)NCC(=O)NN=Cc2ccccc2OCc2ccccc2)cc1OC. The standard InChI is InChI=1S/C25H25N3O5/c1-31-22-13-12-19(14-23(22)32-2)25(30)26-16-24(29)28-27-15-20-10-6-7-11-21(20)33-17-18-8-4-3-5-9-18/h3-15H,16-17H2,1-2H3,(H,26,30)(H,28,29). The molecule has 0 aliphatic heterocycles. The molecule has 0 saturated carbocycles. The second kappa shape index (κ2) is 11.9. The maximum atomic E-state index is 12.3. The molecular formula is C25H25N3O5. The maximum Gasteiger partial charge on any atom is 0.259 e. The summed E-state index contributed by atoms with van der Waals surface area (Å²) in [6, 6.07) is 21.9. The zero-order valence-electron chi connectivity index (χ0n) is 18.4. The molecule has 8 heteroatoms. The van der Waals surface area contributed by atoms with Gasteiger partial charge in [-0.05, 0) is 35.9 Å². The van der Waals surface area contributed by atoms with E-state index >= 15 is 0 Å². The molecule has 3 aromatic carbocycles. The predicted octanol–water partition coefficient (Wildman–Crippen LogP) is 3.16. The summed E-state index contributed by atoms with van der Waals surface area (Å²) in [4.78, 5) is 24.4. The lowest BCUT2D eigenvalue weighted by molar-refractivity contribution is -0.120. The average Bonchev–Trinajstić information content (AvgIpc) is 2.86. The van der Waals surface area contributed by atoms with Crippen LogP contribution in [0.4, 0.5) is 0 Å². The Labute approximate surface area is 192 Å². The number of hydrogen-bond donors (Lipinski definition) is 2. The van der Waals surface area contributed by atoms with Gasteiger partial charge in [-0.1, -0.05) is 42.5 Å². The minimum atomic E-state index is -0.470. The van der Waals surface area contributed by atoms with Crippen molar-refractivity contribution in [1.82, 2.24) is 10.7 Å². The quantitative estimate of drug-likeness (QED) is 0.368. The minimum Gasteiger partial charge on any atom is -0.493 e. The zero-order chi connectivity index (χ0) is 23.5. The Hall–Kier alpha value is -4.33. The molecule has 2 N–H and O–H groups in total. The molecule has 33 heavy (non-hydrogen) atoms.